The van der Waals surface area contributed by atoms with Crippen molar-refractivity contribution >= 4 is 22.0 Å². The Bertz CT molecular complexity index is 1250. The Kier molecular flexibility index (Phi) is 5.90. The monoisotopic (exact) mass is 467 g/mol. The molecule has 172 valence electrons. The molecule has 1 aliphatic heterocycles. The number of fused-ring (bicyclic) bond motifs is 1. The maximum atomic E-state index is 14.3. The fourth-order valence-electron chi connectivity index (χ4n) is 4.36. The topological polar surface area (TPSA) is 66.1 Å². The number of nitrogens with zero attached hydrogens (tertiary/aromatic N) is 5. The van der Waals surface area contributed by atoms with Crippen LogP contribution in [-0.2, 0) is 6.42 Å². The molecule has 33 heavy (non-hydrogen) atoms. The number of para-hydroxylation sites is 1. The molecular weight excluding hydrogens is 441 g/mol. The first-order valence-corrected chi connectivity index (χ1v) is 11.9. The second-order valence-electron chi connectivity index (χ2n) is 8.02. The summed E-state index contributed by atoms with van der Waals surface area (Å²) in [6.45, 7) is 4.81. The lowest BCUT2D eigenvalue weighted by Gasteiger charge is -2.40. The van der Waals surface area contributed by atoms with Gasteiger partial charge in [0.25, 0.3) is 0 Å². The van der Waals surface area contributed by atoms with Gasteiger partial charge in [-0.1, -0.05) is 42.5 Å². The molecule has 9 heteroatoms. The molecule has 0 amide bonds. The van der Waals surface area contributed by atoms with Gasteiger partial charge in [-0.25, -0.2) is 9.37 Å². The van der Waals surface area contributed by atoms with Crippen LogP contribution in [0.1, 0.15) is 29.2 Å². The molecule has 0 unspecified atom stereocenters. The molecule has 0 spiro atoms. The second-order valence-corrected chi connectivity index (χ2v) is 9.03. The summed E-state index contributed by atoms with van der Waals surface area (Å²) in [7, 11) is 1.64. The molecule has 0 saturated carbocycles. The summed E-state index contributed by atoms with van der Waals surface area (Å²) >= 11 is 1.46. The number of piperazine rings is 1. The predicted molar refractivity (Wildman–Crippen MR) is 127 cm³/mol. The standard InChI is InChI=1S/C24H26FN5O2S/c1-3-20-26-24-30(27-20)23(31)22(33-24)21(16-8-10-17(32-2)11-9-16)29-14-12-28(13-15-29)19-7-5-4-6-18(19)25/h4-11,21,31H,3,12-15H2,1-2H3/t21-/m1/s1. The molecular formula is C24H26FN5O2S. The number of rotatable bonds is 6. The van der Waals surface area contributed by atoms with Gasteiger partial charge >= 0.3 is 0 Å². The summed E-state index contributed by atoms with van der Waals surface area (Å²) in [6.07, 6.45) is 0.711. The van der Waals surface area contributed by atoms with Crippen molar-refractivity contribution in [3.05, 3.63) is 70.6 Å². The van der Waals surface area contributed by atoms with Gasteiger partial charge in [-0.3, -0.25) is 4.90 Å². The van der Waals surface area contributed by atoms with Crippen molar-refractivity contribution in [1.29, 1.82) is 0 Å². The number of aromatic hydroxyl groups is 1. The first kappa shape index (κ1) is 21.7. The highest BCUT2D eigenvalue weighted by atomic mass is 32.1. The zero-order valence-electron chi connectivity index (χ0n) is 18.6. The molecule has 1 atom stereocenters. The minimum Gasteiger partial charge on any atom is -0.497 e. The zero-order valence-corrected chi connectivity index (χ0v) is 19.4. The lowest BCUT2D eigenvalue weighted by molar-refractivity contribution is 0.210. The summed E-state index contributed by atoms with van der Waals surface area (Å²) < 4.78 is 21.2. The molecule has 1 saturated heterocycles. The van der Waals surface area contributed by atoms with Crippen LogP contribution in [0, 0.1) is 5.82 Å². The van der Waals surface area contributed by atoms with Crippen LogP contribution in [0.3, 0.4) is 0 Å². The van der Waals surface area contributed by atoms with Crippen molar-refractivity contribution in [3.63, 3.8) is 0 Å². The fourth-order valence-corrected chi connectivity index (χ4v) is 5.50. The highest BCUT2D eigenvalue weighted by Gasteiger charge is 2.32. The number of aryl methyl sites for hydroxylation is 1. The number of methoxy groups -OCH3 is 1. The third-order valence-electron chi connectivity index (χ3n) is 6.11. The van der Waals surface area contributed by atoms with Crippen LogP contribution in [0.4, 0.5) is 10.1 Å². The van der Waals surface area contributed by atoms with E-state index in [1.54, 1.807) is 13.2 Å². The minimum atomic E-state index is -0.201. The van der Waals surface area contributed by atoms with E-state index in [4.69, 9.17) is 4.74 Å². The first-order chi connectivity index (χ1) is 16.1. The van der Waals surface area contributed by atoms with Crippen molar-refractivity contribution in [3.8, 4) is 11.6 Å². The Balaban J connectivity index is 1.48. The number of hydrogen-bond acceptors (Lipinski definition) is 7. The van der Waals surface area contributed by atoms with Crippen LogP contribution in [-0.4, -0.2) is 57.9 Å². The van der Waals surface area contributed by atoms with Gasteiger partial charge in [0.05, 0.1) is 23.7 Å². The van der Waals surface area contributed by atoms with Crippen LogP contribution >= 0.6 is 11.3 Å². The third kappa shape index (κ3) is 4.02. The third-order valence-corrected chi connectivity index (χ3v) is 7.18. The van der Waals surface area contributed by atoms with E-state index in [1.165, 1.54) is 21.9 Å². The summed E-state index contributed by atoms with van der Waals surface area (Å²) in [5.74, 6) is 1.41. The largest absolute Gasteiger partial charge is 0.497 e. The summed E-state index contributed by atoms with van der Waals surface area (Å²) in [4.78, 5) is 10.4. The first-order valence-electron chi connectivity index (χ1n) is 11.0. The Morgan fingerprint density at radius 3 is 2.45 bits per heavy atom. The SMILES string of the molecule is CCc1nc2sc([C@@H](c3ccc(OC)cc3)N3CCN(c4ccccc4F)CC3)c(O)n2n1. The van der Waals surface area contributed by atoms with E-state index in [9.17, 15) is 9.50 Å². The van der Waals surface area contributed by atoms with Gasteiger partial charge in [-0.05, 0) is 29.8 Å². The van der Waals surface area contributed by atoms with E-state index in [2.05, 4.69) is 19.9 Å². The van der Waals surface area contributed by atoms with Crippen LogP contribution in [0.2, 0.25) is 0 Å². The smallest absolute Gasteiger partial charge is 0.230 e. The molecule has 0 aliphatic carbocycles. The van der Waals surface area contributed by atoms with Crippen LogP contribution < -0.4 is 9.64 Å². The number of halogens is 1. The van der Waals surface area contributed by atoms with E-state index < -0.39 is 0 Å². The lowest BCUT2D eigenvalue weighted by Crippen LogP contribution is -2.48. The van der Waals surface area contributed by atoms with E-state index in [1.807, 2.05) is 43.3 Å². The van der Waals surface area contributed by atoms with Gasteiger partial charge in [0.2, 0.25) is 10.8 Å². The quantitative estimate of drug-likeness (QED) is 0.460. The van der Waals surface area contributed by atoms with Gasteiger partial charge in [-0.2, -0.15) is 4.52 Å². The number of thiazole rings is 1. The second kappa shape index (κ2) is 8.99. The summed E-state index contributed by atoms with van der Waals surface area (Å²) in [5.41, 5.74) is 1.68. The van der Waals surface area contributed by atoms with Crippen molar-refractivity contribution < 1.29 is 14.2 Å². The van der Waals surface area contributed by atoms with E-state index in [0.29, 0.717) is 36.0 Å². The molecule has 0 bridgehead atoms. The fraction of sp³-hybridized carbons (Fsp3) is 0.333. The normalized spacial score (nSPS) is 15.8. The lowest BCUT2D eigenvalue weighted by atomic mass is 10.0. The van der Waals surface area contributed by atoms with Gasteiger partial charge < -0.3 is 14.7 Å². The van der Waals surface area contributed by atoms with Crippen LogP contribution in [0.15, 0.2) is 48.5 Å². The molecule has 3 heterocycles. The number of ether oxygens (including phenoxy) is 1. The van der Waals surface area contributed by atoms with Crippen LogP contribution in [0.25, 0.3) is 4.96 Å². The number of anilines is 1. The maximum Gasteiger partial charge on any atom is 0.230 e. The molecule has 5 rings (SSSR count). The maximum absolute atomic E-state index is 14.3. The van der Waals surface area contributed by atoms with Crippen molar-refractivity contribution in [2.45, 2.75) is 19.4 Å². The average molecular weight is 468 g/mol. The average Bonchev–Trinajstić information content (AvgIpc) is 3.39. The van der Waals surface area contributed by atoms with Gasteiger partial charge in [-0.15, -0.1) is 5.10 Å². The Hall–Kier alpha value is -3.17. The summed E-state index contributed by atoms with van der Waals surface area (Å²) in [6, 6.07) is 14.6. The van der Waals surface area contributed by atoms with Crippen molar-refractivity contribution in [2.75, 3.05) is 38.2 Å². The summed E-state index contributed by atoms with van der Waals surface area (Å²) in [5, 5.41) is 15.5. The number of benzene rings is 2. The van der Waals surface area contributed by atoms with E-state index in [0.717, 1.165) is 29.3 Å². The molecule has 1 N–H and O–H groups in total. The van der Waals surface area contributed by atoms with E-state index in [-0.39, 0.29) is 17.7 Å². The minimum absolute atomic E-state index is 0.125. The highest BCUT2D eigenvalue weighted by Crippen LogP contribution is 2.41. The molecule has 7 nitrogen and oxygen atoms in total. The number of aromatic nitrogens is 3. The highest BCUT2D eigenvalue weighted by molar-refractivity contribution is 7.17. The van der Waals surface area contributed by atoms with Crippen LogP contribution in [0.5, 0.6) is 11.6 Å². The molecule has 4 aromatic rings. The number of hydrogen-bond donors (Lipinski definition) is 1. The Labute approximate surface area is 195 Å². The zero-order chi connectivity index (χ0) is 22.9. The van der Waals surface area contributed by atoms with Gasteiger partial charge in [0, 0.05) is 32.6 Å². The van der Waals surface area contributed by atoms with Crippen molar-refractivity contribution in [2.24, 2.45) is 0 Å². The van der Waals surface area contributed by atoms with Gasteiger partial charge in [0.1, 0.15) is 11.6 Å². The predicted octanol–water partition coefficient (Wildman–Crippen LogP) is 4.12. The Morgan fingerprint density at radius 2 is 1.82 bits per heavy atom. The molecule has 0 radical (unpaired) electrons. The Morgan fingerprint density at radius 1 is 1.09 bits per heavy atom. The molecule has 2 aromatic heterocycles. The molecule has 2 aromatic carbocycles. The molecule has 1 aliphatic rings. The van der Waals surface area contributed by atoms with E-state index >= 15 is 0 Å². The van der Waals surface area contributed by atoms with Crippen molar-refractivity contribution in [1.82, 2.24) is 19.5 Å². The van der Waals surface area contributed by atoms with Gasteiger partial charge in [0.15, 0.2) is 5.82 Å². The molecule has 1 fully saturated rings.